The van der Waals surface area contributed by atoms with Gasteiger partial charge >= 0.3 is 5.97 Å². The normalized spacial score (nSPS) is 6.25. The highest BCUT2D eigenvalue weighted by Crippen LogP contribution is 1.74. The molecule has 2 heteroatoms. The van der Waals surface area contributed by atoms with Gasteiger partial charge in [-0.15, -0.1) is 6.58 Å². The highest BCUT2D eigenvalue weighted by molar-refractivity contribution is 5.68. The second kappa shape index (κ2) is 9.51. The van der Waals surface area contributed by atoms with Crippen molar-refractivity contribution >= 4 is 5.97 Å². The van der Waals surface area contributed by atoms with Crippen LogP contribution in [0.5, 0.6) is 0 Å². The molecule has 0 fully saturated rings. The maximum Gasteiger partial charge on any atom is 0.307 e. The van der Waals surface area contributed by atoms with Crippen LogP contribution in [0, 0.1) is 0 Å². The van der Waals surface area contributed by atoms with Crippen molar-refractivity contribution in [3.8, 4) is 0 Å². The molecule has 1 N–H and O–H groups in total. The van der Waals surface area contributed by atoms with E-state index in [1.54, 1.807) is 0 Å². The zero-order valence-electron chi connectivity index (χ0n) is 5.35. The Kier molecular flexibility index (Phi) is 12.2. The van der Waals surface area contributed by atoms with Crippen molar-refractivity contribution in [1.82, 2.24) is 0 Å². The molecule has 0 spiro atoms. The third-order valence-electron chi connectivity index (χ3n) is 0.319. The van der Waals surface area contributed by atoms with Gasteiger partial charge in [-0.3, -0.25) is 4.79 Å². The van der Waals surface area contributed by atoms with Crippen molar-refractivity contribution in [1.29, 1.82) is 0 Å². The lowest BCUT2D eigenvalue weighted by Gasteiger charge is -1.75. The molecule has 48 valence electrons. The third-order valence-corrected chi connectivity index (χ3v) is 0.319. The molecule has 0 saturated heterocycles. The number of aliphatic carboxylic acids is 1. The fraction of sp³-hybridized carbons (Fsp3) is 0.500. The van der Waals surface area contributed by atoms with Gasteiger partial charge in [0.15, 0.2) is 0 Å². The second-order valence-corrected chi connectivity index (χ2v) is 0.887. The minimum atomic E-state index is -0.829. The standard InChI is InChI=1S/C4H6O2.C2H6/c1-2-3-4(5)6;1-2/h2H,1,3H2,(H,5,6);1-2H3. The van der Waals surface area contributed by atoms with Crippen molar-refractivity contribution < 1.29 is 9.90 Å². The average molecular weight is 116 g/mol. The van der Waals surface area contributed by atoms with E-state index in [0.717, 1.165) is 0 Å². The van der Waals surface area contributed by atoms with Gasteiger partial charge in [-0.2, -0.15) is 0 Å². The van der Waals surface area contributed by atoms with Gasteiger partial charge in [-0.1, -0.05) is 19.9 Å². The molecule has 0 aromatic rings. The lowest BCUT2D eigenvalue weighted by atomic mass is 10.4. The largest absolute Gasteiger partial charge is 0.481 e. The summed E-state index contributed by atoms with van der Waals surface area (Å²) in [5.74, 6) is -0.829. The topological polar surface area (TPSA) is 37.3 Å². The smallest absolute Gasteiger partial charge is 0.307 e. The van der Waals surface area contributed by atoms with Crippen LogP contribution in [-0.2, 0) is 4.79 Å². The summed E-state index contributed by atoms with van der Waals surface area (Å²) in [6, 6.07) is 0. The van der Waals surface area contributed by atoms with E-state index in [1.807, 2.05) is 13.8 Å². The van der Waals surface area contributed by atoms with Crippen LogP contribution < -0.4 is 0 Å². The fourth-order valence-electron chi connectivity index (χ4n) is 0.123. The Balaban J connectivity index is 0. The van der Waals surface area contributed by atoms with Gasteiger partial charge in [0.1, 0.15) is 0 Å². The summed E-state index contributed by atoms with van der Waals surface area (Å²) in [6.07, 6.45) is 1.41. The van der Waals surface area contributed by atoms with E-state index in [-0.39, 0.29) is 6.42 Å². The lowest BCUT2D eigenvalue weighted by Crippen LogP contribution is -1.88. The third kappa shape index (κ3) is 18.9. The average Bonchev–Trinajstić information content (AvgIpc) is 1.72. The first-order valence-electron chi connectivity index (χ1n) is 2.60. The summed E-state index contributed by atoms with van der Waals surface area (Å²) < 4.78 is 0. The Morgan fingerprint density at radius 2 is 2.12 bits per heavy atom. The van der Waals surface area contributed by atoms with Crippen LogP contribution in [0.15, 0.2) is 12.7 Å². The first-order chi connectivity index (χ1) is 3.77. The van der Waals surface area contributed by atoms with Crippen molar-refractivity contribution in [3.63, 3.8) is 0 Å². The molecule has 0 unspecified atom stereocenters. The zero-order chi connectivity index (χ0) is 6.99. The minimum absolute atomic E-state index is 0.0556. The summed E-state index contributed by atoms with van der Waals surface area (Å²) in [5.41, 5.74) is 0. The number of rotatable bonds is 2. The number of carboxylic acid groups (broad SMARTS) is 1. The van der Waals surface area contributed by atoms with E-state index in [2.05, 4.69) is 6.58 Å². The van der Waals surface area contributed by atoms with E-state index in [0.29, 0.717) is 0 Å². The number of hydrogen-bond acceptors (Lipinski definition) is 1. The Labute approximate surface area is 49.8 Å². The molecule has 0 aliphatic rings. The summed E-state index contributed by atoms with van der Waals surface area (Å²) in [7, 11) is 0. The predicted octanol–water partition coefficient (Wildman–Crippen LogP) is 1.67. The maximum absolute atomic E-state index is 9.53. The first-order valence-corrected chi connectivity index (χ1v) is 2.60. The van der Waals surface area contributed by atoms with Crippen molar-refractivity contribution in [2.24, 2.45) is 0 Å². The molecular weight excluding hydrogens is 104 g/mol. The van der Waals surface area contributed by atoms with Gasteiger partial charge in [0.25, 0.3) is 0 Å². The van der Waals surface area contributed by atoms with Gasteiger partial charge in [-0.05, 0) is 0 Å². The quantitative estimate of drug-likeness (QED) is 0.557. The molecule has 2 nitrogen and oxygen atoms in total. The molecule has 0 bridgehead atoms. The van der Waals surface area contributed by atoms with Gasteiger partial charge < -0.3 is 5.11 Å². The lowest BCUT2D eigenvalue weighted by molar-refractivity contribution is -0.135. The highest BCUT2D eigenvalue weighted by atomic mass is 16.4. The maximum atomic E-state index is 9.53. The number of carbonyl (C=O) groups is 1. The molecule has 8 heavy (non-hydrogen) atoms. The SMILES string of the molecule is C=CCC(=O)O.CC. The summed E-state index contributed by atoms with van der Waals surface area (Å²) in [6.45, 7) is 7.22. The van der Waals surface area contributed by atoms with E-state index in [9.17, 15) is 4.79 Å². The molecule has 0 aliphatic heterocycles. The molecule has 0 heterocycles. The second-order valence-electron chi connectivity index (χ2n) is 0.887. The molecule has 0 aromatic carbocycles. The molecule has 0 aliphatic carbocycles. The Morgan fingerprint density at radius 1 is 1.75 bits per heavy atom. The Hall–Kier alpha value is -0.790. The van der Waals surface area contributed by atoms with E-state index in [4.69, 9.17) is 5.11 Å². The molecule has 0 saturated carbocycles. The summed E-state index contributed by atoms with van der Waals surface area (Å²) >= 11 is 0. The van der Waals surface area contributed by atoms with Gasteiger partial charge in [0, 0.05) is 0 Å². The van der Waals surface area contributed by atoms with Crippen LogP contribution in [0.1, 0.15) is 20.3 Å². The Bertz CT molecular complexity index is 66.9. The molecule has 0 aromatic heterocycles. The predicted molar refractivity (Wildman–Crippen MR) is 33.8 cm³/mol. The van der Waals surface area contributed by atoms with Crippen molar-refractivity contribution in [2.75, 3.05) is 0 Å². The van der Waals surface area contributed by atoms with Crippen LogP contribution in [0.3, 0.4) is 0 Å². The molecule has 0 atom stereocenters. The number of hydrogen-bond donors (Lipinski definition) is 1. The van der Waals surface area contributed by atoms with Crippen molar-refractivity contribution in [2.45, 2.75) is 20.3 Å². The van der Waals surface area contributed by atoms with Crippen LogP contribution in [0.4, 0.5) is 0 Å². The van der Waals surface area contributed by atoms with E-state index < -0.39 is 5.97 Å². The van der Waals surface area contributed by atoms with Crippen molar-refractivity contribution in [3.05, 3.63) is 12.7 Å². The molecule has 0 amide bonds. The fourth-order valence-corrected chi connectivity index (χ4v) is 0.123. The van der Waals surface area contributed by atoms with E-state index >= 15 is 0 Å². The van der Waals surface area contributed by atoms with Crippen LogP contribution in [0.25, 0.3) is 0 Å². The van der Waals surface area contributed by atoms with Crippen LogP contribution in [0.2, 0.25) is 0 Å². The summed E-state index contributed by atoms with van der Waals surface area (Å²) in [4.78, 5) is 9.53. The number of carboxylic acids is 1. The van der Waals surface area contributed by atoms with Gasteiger partial charge in [0.05, 0.1) is 6.42 Å². The van der Waals surface area contributed by atoms with Crippen LogP contribution in [-0.4, -0.2) is 11.1 Å². The van der Waals surface area contributed by atoms with Crippen LogP contribution >= 0.6 is 0 Å². The molecular formula is C6H12O2. The van der Waals surface area contributed by atoms with E-state index in [1.165, 1.54) is 6.08 Å². The first kappa shape index (κ1) is 10.2. The van der Waals surface area contributed by atoms with Gasteiger partial charge in [-0.25, -0.2) is 0 Å². The highest BCUT2D eigenvalue weighted by Gasteiger charge is 1.84. The minimum Gasteiger partial charge on any atom is -0.481 e. The molecule has 0 radical (unpaired) electrons. The Morgan fingerprint density at radius 3 is 2.12 bits per heavy atom. The van der Waals surface area contributed by atoms with Gasteiger partial charge in [0.2, 0.25) is 0 Å². The molecule has 0 rings (SSSR count). The zero-order valence-corrected chi connectivity index (χ0v) is 5.35. The monoisotopic (exact) mass is 116 g/mol. The summed E-state index contributed by atoms with van der Waals surface area (Å²) in [5, 5.41) is 7.84.